The van der Waals surface area contributed by atoms with Crippen LogP contribution < -0.4 is 0 Å². The quantitative estimate of drug-likeness (QED) is 0.346. The summed E-state index contributed by atoms with van der Waals surface area (Å²) in [6, 6.07) is 0. The molecule has 4 nitrogen and oxygen atoms in total. The molecule has 0 amide bonds. The fourth-order valence-electron chi connectivity index (χ4n) is 2.86. The summed E-state index contributed by atoms with van der Waals surface area (Å²) >= 11 is 0. The van der Waals surface area contributed by atoms with E-state index < -0.39 is 22.4 Å². The molecule has 0 aromatic carbocycles. The normalized spacial score (nSPS) is 19.9. The van der Waals surface area contributed by atoms with Gasteiger partial charge in [0, 0.05) is 5.70 Å². The van der Waals surface area contributed by atoms with Gasteiger partial charge in [0.1, 0.15) is 22.0 Å². The minimum atomic E-state index is -1.63. The predicted molar refractivity (Wildman–Crippen MR) is 77.2 cm³/mol. The van der Waals surface area contributed by atoms with Crippen LogP contribution in [0.25, 0.3) is 0 Å². The minimum Gasteiger partial charge on any atom is -0.454 e. The van der Waals surface area contributed by atoms with E-state index in [-0.39, 0.29) is 18.0 Å². The fraction of sp³-hybridized carbons (Fsp3) is 0.667. The molecule has 0 unspecified atom stereocenters. The van der Waals surface area contributed by atoms with Gasteiger partial charge in [-0.25, -0.2) is 4.79 Å². The van der Waals surface area contributed by atoms with Crippen molar-refractivity contribution in [2.75, 3.05) is 6.61 Å². The second-order valence-electron chi connectivity index (χ2n) is 6.64. The molecule has 102 valence electrons. The molecule has 6 heteroatoms. The summed E-state index contributed by atoms with van der Waals surface area (Å²) in [6.45, 7) is 15.2. The number of rotatable bonds is 3. The molecule has 0 radical (unpaired) electrons. The molecule has 1 saturated heterocycles. The van der Waals surface area contributed by atoms with Crippen LogP contribution >= 0.6 is 0 Å². The average molecular weight is 285 g/mol. The Labute approximate surface area is 111 Å². The molecule has 1 rings (SSSR count). The van der Waals surface area contributed by atoms with E-state index in [1.165, 1.54) is 0 Å². The summed E-state index contributed by atoms with van der Waals surface area (Å²) in [7, 11) is -3.27. The number of hydrogen-bond acceptors (Lipinski definition) is 4. The third-order valence-electron chi connectivity index (χ3n) is 2.86. The first kappa shape index (κ1) is 15.2. The van der Waals surface area contributed by atoms with Crippen molar-refractivity contribution < 1.29 is 14.3 Å². The van der Waals surface area contributed by atoms with Crippen molar-refractivity contribution in [3.05, 3.63) is 11.3 Å². The largest absolute Gasteiger partial charge is 0.454 e. The van der Waals surface area contributed by atoms with E-state index >= 15 is 0 Å². The van der Waals surface area contributed by atoms with Crippen LogP contribution in [-0.4, -0.2) is 39.1 Å². The van der Waals surface area contributed by atoms with Gasteiger partial charge >= 0.3 is 5.97 Å². The van der Waals surface area contributed by atoms with Crippen molar-refractivity contribution in [2.24, 2.45) is 0 Å². The Bertz CT molecular complexity index is 384. The number of ketones is 1. The number of ether oxygens (including phenoxy) is 1. The molecule has 0 atom stereocenters. The molecule has 0 aliphatic carbocycles. The molecular formula is C12H23NO3Si2. The molecule has 0 N–H and O–H groups in total. The van der Waals surface area contributed by atoms with Crippen LogP contribution in [0.4, 0.5) is 0 Å². The van der Waals surface area contributed by atoms with Crippen LogP contribution in [-0.2, 0) is 14.3 Å². The van der Waals surface area contributed by atoms with E-state index in [0.29, 0.717) is 0 Å². The van der Waals surface area contributed by atoms with Gasteiger partial charge in [0.2, 0.25) is 5.78 Å². The number of nitrogens with zero attached hydrogens (tertiary/aromatic N) is 1. The van der Waals surface area contributed by atoms with E-state index in [1.807, 2.05) is 6.92 Å². The molecule has 1 aliphatic heterocycles. The van der Waals surface area contributed by atoms with Gasteiger partial charge in [0.15, 0.2) is 6.61 Å². The predicted octanol–water partition coefficient (Wildman–Crippen LogP) is 2.36. The van der Waals surface area contributed by atoms with Crippen LogP contribution in [0.15, 0.2) is 11.3 Å². The Hall–Kier alpha value is -0.886. The third-order valence-corrected chi connectivity index (χ3v) is 10.2. The number of carbonyl (C=O) groups excluding carboxylic acids is 2. The van der Waals surface area contributed by atoms with E-state index in [9.17, 15) is 9.59 Å². The highest BCUT2D eigenvalue weighted by Crippen LogP contribution is 2.28. The maximum Gasteiger partial charge on any atom is 0.344 e. The number of cyclic esters (lactones) is 1. The molecule has 0 bridgehead atoms. The van der Waals surface area contributed by atoms with Gasteiger partial charge in [-0.15, -0.1) is 0 Å². The summed E-state index contributed by atoms with van der Waals surface area (Å²) in [6.07, 6.45) is 0. The molecule has 1 aliphatic rings. The molecule has 0 saturated carbocycles. The number of esters is 1. The van der Waals surface area contributed by atoms with Crippen molar-refractivity contribution in [3.8, 4) is 0 Å². The van der Waals surface area contributed by atoms with Crippen molar-refractivity contribution in [3.63, 3.8) is 0 Å². The molecule has 1 heterocycles. The first-order valence-corrected chi connectivity index (χ1v) is 13.1. The standard InChI is InChI=1S/C12H23NO3Si2/c1-9(11-10(14)8-16-12(11)15)13(17(2,3)4)18(5,6)7/h8H2,1-7H3/b11-9-. The van der Waals surface area contributed by atoms with Crippen molar-refractivity contribution in [1.82, 2.24) is 4.23 Å². The zero-order chi connectivity index (χ0) is 14.3. The highest BCUT2D eigenvalue weighted by molar-refractivity contribution is 6.90. The number of carbonyl (C=O) groups is 2. The number of Topliss-reactive ketones (excluding diaryl/α,β-unsaturated/α-hetero) is 1. The average Bonchev–Trinajstić information content (AvgIpc) is 2.40. The Kier molecular flexibility index (Phi) is 3.93. The maximum atomic E-state index is 11.8. The van der Waals surface area contributed by atoms with Crippen molar-refractivity contribution >= 4 is 28.2 Å². The summed E-state index contributed by atoms with van der Waals surface area (Å²) in [4.78, 5) is 23.5. The first-order chi connectivity index (χ1) is 7.96. The van der Waals surface area contributed by atoms with Crippen LogP contribution in [0.2, 0.25) is 39.3 Å². The molecule has 0 spiro atoms. The van der Waals surface area contributed by atoms with Crippen LogP contribution in [0.1, 0.15) is 6.92 Å². The maximum absolute atomic E-state index is 11.8. The SMILES string of the molecule is C/C(=C1\C(=O)COC1=O)N([Si](C)(C)C)[Si](C)(C)C. The van der Waals surface area contributed by atoms with Gasteiger partial charge in [-0.05, 0) is 6.92 Å². The van der Waals surface area contributed by atoms with E-state index in [4.69, 9.17) is 4.74 Å². The Morgan fingerprint density at radius 1 is 1.06 bits per heavy atom. The lowest BCUT2D eigenvalue weighted by atomic mass is 10.2. The van der Waals surface area contributed by atoms with Crippen LogP contribution in [0.5, 0.6) is 0 Å². The Balaban J connectivity index is 3.35. The van der Waals surface area contributed by atoms with E-state index in [0.717, 1.165) is 5.70 Å². The lowest BCUT2D eigenvalue weighted by Crippen LogP contribution is -2.58. The summed E-state index contributed by atoms with van der Waals surface area (Å²) in [5, 5.41) is 0. The topological polar surface area (TPSA) is 46.6 Å². The van der Waals surface area contributed by atoms with E-state index in [2.05, 4.69) is 43.5 Å². The second kappa shape index (κ2) is 4.66. The second-order valence-corrected chi connectivity index (χ2v) is 16.7. The Morgan fingerprint density at radius 2 is 1.50 bits per heavy atom. The summed E-state index contributed by atoms with van der Waals surface area (Å²) < 4.78 is 7.21. The zero-order valence-corrected chi connectivity index (χ0v) is 14.4. The molecule has 1 fully saturated rings. The van der Waals surface area contributed by atoms with Crippen molar-refractivity contribution in [1.29, 1.82) is 0 Å². The summed E-state index contributed by atoms with van der Waals surface area (Å²) in [5.41, 5.74) is 1.08. The summed E-state index contributed by atoms with van der Waals surface area (Å²) in [5.74, 6) is -0.641. The highest BCUT2D eigenvalue weighted by Gasteiger charge is 2.39. The smallest absolute Gasteiger partial charge is 0.344 e. The minimum absolute atomic E-state index is 0.100. The molecule has 18 heavy (non-hydrogen) atoms. The monoisotopic (exact) mass is 285 g/mol. The molecular weight excluding hydrogens is 262 g/mol. The first-order valence-electron chi connectivity index (χ1n) is 6.18. The van der Waals surface area contributed by atoms with Gasteiger partial charge in [-0.2, -0.15) is 0 Å². The third kappa shape index (κ3) is 2.92. The Morgan fingerprint density at radius 3 is 1.78 bits per heavy atom. The fourth-order valence-corrected chi connectivity index (χ4v) is 13.1. The van der Waals surface area contributed by atoms with Gasteiger partial charge in [0.25, 0.3) is 0 Å². The van der Waals surface area contributed by atoms with Gasteiger partial charge in [-0.3, -0.25) is 4.79 Å². The van der Waals surface area contributed by atoms with Crippen molar-refractivity contribution in [2.45, 2.75) is 46.2 Å². The van der Waals surface area contributed by atoms with Gasteiger partial charge in [0.05, 0.1) is 0 Å². The number of hydrogen-bond donors (Lipinski definition) is 0. The van der Waals surface area contributed by atoms with Gasteiger partial charge < -0.3 is 8.97 Å². The van der Waals surface area contributed by atoms with Gasteiger partial charge in [-0.1, -0.05) is 39.3 Å². The highest BCUT2D eigenvalue weighted by atomic mass is 28.4. The zero-order valence-electron chi connectivity index (χ0n) is 12.4. The lowest BCUT2D eigenvalue weighted by Gasteiger charge is -2.46. The molecule has 0 aromatic rings. The van der Waals surface area contributed by atoms with E-state index in [1.54, 1.807) is 0 Å². The molecule has 0 aromatic heterocycles. The lowest BCUT2D eigenvalue weighted by molar-refractivity contribution is -0.135. The van der Waals surface area contributed by atoms with Crippen LogP contribution in [0.3, 0.4) is 0 Å². The van der Waals surface area contributed by atoms with Crippen LogP contribution in [0, 0.1) is 0 Å². The number of allylic oxidation sites excluding steroid dienone is 1.